The lowest BCUT2D eigenvalue weighted by Crippen LogP contribution is -2.54. The lowest BCUT2D eigenvalue weighted by Gasteiger charge is -2.44. The predicted molar refractivity (Wildman–Crippen MR) is 168 cm³/mol. The first kappa shape index (κ1) is 30.7. The quantitative estimate of drug-likeness (QED) is 0.286. The Morgan fingerprint density at radius 1 is 0.864 bits per heavy atom. The van der Waals surface area contributed by atoms with Gasteiger partial charge in [-0.2, -0.15) is 0 Å². The molecule has 1 aliphatic carbocycles. The lowest BCUT2D eigenvalue weighted by molar-refractivity contribution is -0.140. The molecule has 44 heavy (non-hydrogen) atoms. The maximum absolute atomic E-state index is 14.5. The summed E-state index contributed by atoms with van der Waals surface area (Å²) < 4.78 is 28.5. The molecule has 2 aliphatic heterocycles. The summed E-state index contributed by atoms with van der Waals surface area (Å²) in [6, 6.07) is 21.4. The third-order valence-corrected chi connectivity index (χ3v) is 10.6. The highest BCUT2D eigenvalue weighted by Crippen LogP contribution is 2.56. The van der Waals surface area contributed by atoms with Gasteiger partial charge in [-0.3, -0.25) is 9.59 Å². The fraction of sp³-hybridized carbons (Fsp3) is 0.444. The molecule has 3 fully saturated rings. The molecule has 232 valence electrons. The van der Waals surface area contributed by atoms with Crippen molar-refractivity contribution >= 4 is 23.4 Å². The summed E-state index contributed by atoms with van der Waals surface area (Å²) in [5, 5.41) is 0.579. The van der Waals surface area contributed by atoms with Gasteiger partial charge in [0.1, 0.15) is 0 Å². The third-order valence-electron chi connectivity index (χ3n) is 10.2. The average molecular weight is 620 g/mol. The molecule has 0 spiro atoms. The molecule has 6 rings (SSSR count). The number of piperidine rings is 2. The molecule has 2 atom stereocenters. The fourth-order valence-electron chi connectivity index (χ4n) is 7.57. The third kappa shape index (κ3) is 5.77. The lowest BCUT2D eigenvalue weighted by atomic mass is 9.71. The maximum Gasteiger partial charge on any atom is 0.233 e. The minimum atomic E-state index is -0.948. The Morgan fingerprint density at radius 3 is 2.23 bits per heavy atom. The van der Waals surface area contributed by atoms with E-state index < -0.39 is 22.5 Å². The second kappa shape index (κ2) is 12.6. The second-order valence-corrected chi connectivity index (χ2v) is 13.3. The Morgan fingerprint density at radius 2 is 1.55 bits per heavy atom. The van der Waals surface area contributed by atoms with Crippen molar-refractivity contribution in [3.8, 4) is 0 Å². The van der Waals surface area contributed by atoms with Gasteiger partial charge in [-0.15, -0.1) is 0 Å². The summed E-state index contributed by atoms with van der Waals surface area (Å²) in [6.45, 7) is 4.05. The molecule has 8 heteroatoms. The van der Waals surface area contributed by atoms with Gasteiger partial charge in [0, 0.05) is 38.2 Å². The van der Waals surface area contributed by atoms with E-state index >= 15 is 0 Å². The molecule has 0 N–H and O–H groups in total. The predicted octanol–water partition coefficient (Wildman–Crippen LogP) is 6.58. The zero-order chi connectivity index (χ0) is 30.9. The van der Waals surface area contributed by atoms with Crippen molar-refractivity contribution in [3.63, 3.8) is 0 Å². The van der Waals surface area contributed by atoms with Gasteiger partial charge in [0.25, 0.3) is 0 Å². The van der Waals surface area contributed by atoms with Gasteiger partial charge < -0.3 is 14.7 Å². The van der Waals surface area contributed by atoms with Crippen LogP contribution in [0.5, 0.6) is 0 Å². The number of halogens is 3. The van der Waals surface area contributed by atoms with Crippen molar-refractivity contribution in [2.75, 3.05) is 39.8 Å². The Labute approximate surface area is 263 Å². The largest absolute Gasteiger partial charge is 0.342 e. The zero-order valence-corrected chi connectivity index (χ0v) is 26.0. The van der Waals surface area contributed by atoms with Crippen LogP contribution in [0.2, 0.25) is 5.02 Å². The van der Waals surface area contributed by atoms with Crippen molar-refractivity contribution in [1.82, 2.24) is 14.7 Å². The van der Waals surface area contributed by atoms with Crippen LogP contribution < -0.4 is 0 Å². The number of carbonyl (C=O) groups is 2. The van der Waals surface area contributed by atoms with Crippen LogP contribution >= 0.6 is 11.6 Å². The molecular formula is C36H40ClF2N3O2. The van der Waals surface area contributed by atoms with Crippen molar-refractivity contribution in [3.05, 3.63) is 106 Å². The summed E-state index contributed by atoms with van der Waals surface area (Å²) in [6.07, 6.45) is 5.24. The summed E-state index contributed by atoms with van der Waals surface area (Å²) in [4.78, 5) is 34.3. The summed E-state index contributed by atoms with van der Waals surface area (Å²) >= 11 is 6.39. The standard InChI is InChI=1S/C36H40ClF2N3O2/c1-40(24-26-10-6-7-13-30(26)37)34(44)36(28-14-15-31(38)32(39)22-28)23-29(36)25-41-20-16-35(17-21-41,27-11-4-2-5-12-27)33(43)42-18-8-3-9-19-42/h2,4-7,10-15,22,29H,3,8-9,16-21,23-25H2,1H3/t29-,36+/m0/s1. The van der Waals surface area contributed by atoms with Gasteiger partial charge in [-0.05, 0) is 92.4 Å². The van der Waals surface area contributed by atoms with E-state index in [9.17, 15) is 18.4 Å². The molecular weight excluding hydrogens is 580 g/mol. The maximum atomic E-state index is 14.5. The molecule has 3 aromatic rings. The number of amides is 2. The molecule has 3 aromatic carbocycles. The highest BCUT2D eigenvalue weighted by molar-refractivity contribution is 6.31. The van der Waals surface area contributed by atoms with Crippen molar-refractivity contribution in [2.24, 2.45) is 5.92 Å². The van der Waals surface area contributed by atoms with E-state index in [4.69, 9.17) is 11.6 Å². The van der Waals surface area contributed by atoms with E-state index in [1.165, 1.54) is 12.5 Å². The molecule has 5 nitrogen and oxygen atoms in total. The van der Waals surface area contributed by atoms with Gasteiger partial charge in [-0.1, -0.05) is 66.2 Å². The Bertz CT molecular complexity index is 1500. The summed E-state index contributed by atoms with van der Waals surface area (Å²) in [7, 11) is 1.74. The number of carbonyl (C=O) groups excluding carboxylic acids is 2. The Balaban J connectivity index is 1.21. The molecule has 0 aromatic heterocycles. The Kier molecular flexibility index (Phi) is 8.80. The molecule has 2 saturated heterocycles. The van der Waals surface area contributed by atoms with E-state index in [-0.39, 0.29) is 17.7 Å². The number of benzene rings is 3. The van der Waals surface area contributed by atoms with Crippen LogP contribution in [0, 0.1) is 17.6 Å². The minimum absolute atomic E-state index is 0.0597. The van der Waals surface area contributed by atoms with Crippen LogP contribution in [0.3, 0.4) is 0 Å². The number of nitrogens with zero attached hydrogens (tertiary/aromatic N) is 3. The molecule has 2 heterocycles. The van der Waals surface area contributed by atoms with Crippen LogP contribution in [-0.4, -0.2) is 66.3 Å². The average Bonchev–Trinajstić information content (AvgIpc) is 3.78. The minimum Gasteiger partial charge on any atom is -0.342 e. The highest BCUT2D eigenvalue weighted by Gasteiger charge is 2.62. The smallest absolute Gasteiger partial charge is 0.233 e. The van der Waals surface area contributed by atoms with Gasteiger partial charge in [0.15, 0.2) is 11.6 Å². The van der Waals surface area contributed by atoms with Gasteiger partial charge >= 0.3 is 0 Å². The zero-order valence-electron chi connectivity index (χ0n) is 25.3. The topological polar surface area (TPSA) is 43.9 Å². The van der Waals surface area contributed by atoms with Crippen LogP contribution in [0.15, 0.2) is 72.8 Å². The summed E-state index contributed by atoms with van der Waals surface area (Å²) in [5.74, 6) is -1.82. The van der Waals surface area contributed by atoms with Crippen molar-refractivity contribution in [2.45, 2.75) is 55.9 Å². The number of hydrogen-bond acceptors (Lipinski definition) is 3. The first-order valence-corrected chi connectivity index (χ1v) is 16.1. The monoisotopic (exact) mass is 619 g/mol. The summed E-state index contributed by atoms with van der Waals surface area (Å²) in [5.41, 5.74) is 0.917. The molecule has 0 bridgehead atoms. The van der Waals surface area contributed by atoms with E-state index in [0.717, 1.165) is 56.2 Å². The number of likely N-dealkylation sites (N-methyl/N-ethyl adjacent to an activating group) is 1. The van der Waals surface area contributed by atoms with E-state index in [1.807, 2.05) is 36.4 Å². The number of likely N-dealkylation sites (tertiary alicyclic amines) is 2. The second-order valence-electron chi connectivity index (χ2n) is 12.9. The van der Waals surface area contributed by atoms with Crippen LogP contribution in [0.25, 0.3) is 0 Å². The normalized spacial score (nSPS) is 23.3. The van der Waals surface area contributed by atoms with Gasteiger partial charge in [-0.25, -0.2) is 8.78 Å². The number of rotatable bonds is 8. The first-order chi connectivity index (χ1) is 21.2. The van der Waals surface area contributed by atoms with E-state index in [0.29, 0.717) is 42.9 Å². The van der Waals surface area contributed by atoms with Gasteiger partial charge in [0.05, 0.1) is 10.8 Å². The van der Waals surface area contributed by atoms with E-state index in [1.54, 1.807) is 24.1 Å². The Hall–Kier alpha value is -3.29. The molecule has 2 amide bonds. The van der Waals surface area contributed by atoms with Crippen molar-refractivity contribution < 1.29 is 18.4 Å². The van der Waals surface area contributed by atoms with Crippen molar-refractivity contribution in [1.29, 1.82) is 0 Å². The van der Waals surface area contributed by atoms with Crippen LogP contribution in [0.1, 0.15) is 55.2 Å². The molecule has 3 aliphatic rings. The fourth-order valence-corrected chi connectivity index (χ4v) is 7.76. The molecule has 0 radical (unpaired) electrons. The SMILES string of the molecule is CN(Cc1ccccc1Cl)C(=O)[C@@]1(c2ccc(F)c(F)c2)C[C@H]1CN1CCC(C(=O)N2CCCCC2)(c2ccccc2)CC1. The number of hydrogen-bond donors (Lipinski definition) is 0. The van der Waals surface area contributed by atoms with E-state index in [2.05, 4.69) is 21.9 Å². The van der Waals surface area contributed by atoms with Gasteiger partial charge in [0.2, 0.25) is 11.8 Å². The van der Waals surface area contributed by atoms with Crippen LogP contribution in [-0.2, 0) is 27.0 Å². The molecule has 0 unspecified atom stereocenters. The first-order valence-electron chi connectivity index (χ1n) is 15.8. The van der Waals surface area contributed by atoms with Crippen LogP contribution in [0.4, 0.5) is 8.78 Å². The highest BCUT2D eigenvalue weighted by atomic mass is 35.5. The molecule has 1 saturated carbocycles.